The van der Waals surface area contributed by atoms with E-state index in [2.05, 4.69) is 30.8 Å². The van der Waals surface area contributed by atoms with E-state index < -0.39 is 0 Å². The molecule has 0 saturated heterocycles. The number of nitrogens with zero attached hydrogens (tertiary/aromatic N) is 7. The molecule has 0 aliphatic rings. The summed E-state index contributed by atoms with van der Waals surface area (Å²) in [5.41, 5.74) is 1.78. The summed E-state index contributed by atoms with van der Waals surface area (Å²) in [7, 11) is 1.82. The maximum atomic E-state index is 12.5. The van der Waals surface area contributed by atoms with E-state index in [1.54, 1.807) is 28.0 Å². The molecule has 0 spiro atoms. The summed E-state index contributed by atoms with van der Waals surface area (Å²) in [5.74, 6) is 0.351. The number of pyridine rings is 1. The standard InChI is InChI=1S/C17H16N8O/c1-11-16(17(26)19-9-15-21-20-10-24(15)2)22-23-25(11)14-5-3-4-12-8-18-7-6-13(12)14/h3-8,10H,9H2,1-2H3,(H,19,26). The Labute approximate surface area is 148 Å². The van der Waals surface area contributed by atoms with Gasteiger partial charge in [-0.15, -0.1) is 15.3 Å². The molecule has 26 heavy (non-hydrogen) atoms. The van der Waals surface area contributed by atoms with E-state index in [-0.39, 0.29) is 18.1 Å². The third-order valence-electron chi connectivity index (χ3n) is 4.21. The zero-order valence-electron chi connectivity index (χ0n) is 14.3. The maximum absolute atomic E-state index is 12.5. The number of aromatic nitrogens is 7. The van der Waals surface area contributed by atoms with Crippen LogP contribution in [-0.4, -0.2) is 40.6 Å². The van der Waals surface area contributed by atoms with Gasteiger partial charge in [-0.1, -0.05) is 17.3 Å². The first-order valence-corrected chi connectivity index (χ1v) is 8.01. The number of rotatable bonds is 4. The monoisotopic (exact) mass is 348 g/mol. The van der Waals surface area contributed by atoms with Gasteiger partial charge >= 0.3 is 0 Å². The van der Waals surface area contributed by atoms with Gasteiger partial charge in [-0.3, -0.25) is 9.78 Å². The minimum Gasteiger partial charge on any atom is -0.343 e. The van der Waals surface area contributed by atoms with Crippen molar-refractivity contribution >= 4 is 16.7 Å². The van der Waals surface area contributed by atoms with Crippen LogP contribution in [0.5, 0.6) is 0 Å². The van der Waals surface area contributed by atoms with E-state index >= 15 is 0 Å². The van der Waals surface area contributed by atoms with Crippen LogP contribution in [0.15, 0.2) is 43.0 Å². The van der Waals surface area contributed by atoms with Crippen LogP contribution in [0.3, 0.4) is 0 Å². The highest BCUT2D eigenvalue weighted by Gasteiger charge is 2.18. The van der Waals surface area contributed by atoms with Gasteiger partial charge in [-0.25, -0.2) is 4.68 Å². The van der Waals surface area contributed by atoms with Crippen molar-refractivity contribution in [1.29, 1.82) is 0 Å². The summed E-state index contributed by atoms with van der Waals surface area (Å²) in [4.78, 5) is 16.6. The van der Waals surface area contributed by atoms with E-state index in [1.165, 1.54) is 0 Å². The van der Waals surface area contributed by atoms with Crippen LogP contribution in [-0.2, 0) is 13.6 Å². The third kappa shape index (κ3) is 2.69. The lowest BCUT2D eigenvalue weighted by Crippen LogP contribution is -2.25. The van der Waals surface area contributed by atoms with Crippen LogP contribution < -0.4 is 5.32 Å². The molecule has 1 amide bonds. The Morgan fingerprint density at radius 3 is 2.92 bits per heavy atom. The van der Waals surface area contributed by atoms with E-state index in [9.17, 15) is 4.79 Å². The van der Waals surface area contributed by atoms with Crippen LogP contribution in [0.4, 0.5) is 0 Å². The highest BCUT2D eigenvalue weighted by atomic mass is 16.2. The molecule has 0 atom stereocenters. The van der Waals surface area contributed by atoms with Crippen LogP contribution in [0.2, 0.25) is 0 Å². The predicted molar refractivity (Wildman–Crippen MR) is 93.6 cm³/mol. The highest BCUT2D eigenvalue weighted by molar-refractivity contribution is 5.94. The number of hydrogen-bond acceptors (Lipinski definition) is 6. The Bertz CT molecular complexity index is 1090. The second kappa shape index (κ2) is 6.36. The number of carbonyl (C=O) groups is 1. The van der Waals surface area contributed by atoms with Gasteiger partial charge in [0.2, 0.25) is 0 Å². The number of aryl methyl sites for hydroxylation is 1. The molecule has 0 unspecified atom stereocenters. The minimum absolute atomic E-state index is 0.265. The van der Waals surface area contributed by atoms with Crippen LogP contribution in [0.25, 0.3) is 16.5 Å². The molecule has 0 aliphatic heterocycles. The van der Waals surface area contributed by atoms with E-state index in [4.69, 9.17) is 0 Å². The lowest BCUT2D eigenvalue weighted by atomic mass is 10.1. The van der Waals surface area contributed by atoms with Crippen molar-refractivity contribution in [2.75, 3.05) is 0 Å². The van der Waals surface area contributed by atoms with Crippen molar-refractivity contribution in [3.05, 3.63) is 60.2 Å². The van der Waals surface area contributed by atoms with Gasteiger partial charge in [-0.05, 0) is 19.1 Å². The smallest absolute Gasteiger partial charge is 0.274 e. The quantitative estimate of drug-likeness (QED) is 0.594. The summed E-state index contributed by atoms with van der Waals surface area (Å²) in [6.45, 7) is 2.08. The summed E-state index contributed by atoms with van der Waals surface area (Å²) in [6.07, 6.45) is 5.10. The van der Waals surface area contributed by atoms with Gasteiger partial charge in [0.1, 0.15) is 6.33 Å². The molecular formula is C17H16N8O. The number of nitrogens with one attached hydrogen (secondary N) is 1. The van der Waals surface area contributed by atoms with Gasteiger partial charge in [0, 0.05) is 30.2 Å². The SMILES string of the molecule is Cc1c(C(=O)NCc2nncn2C)nnn1-c1cccc2cnccc12. The lowest BCUT2D eigenvalue weighted by molar-refractivity contribution is 0.0944. The van der Waals surface area contributed by atoms with Crippen LogP contribution in [0.1, 0.15) is 22.0 Å². The summed E-state index contributed by atoms with van der Waals surface area (Å²) >= 11 is 0. The van der Waals surface area contributed by atoms with Crippen molar-refractivity contribution in [2.45, 2.75) is 13.5 Å². The first-order chi connectivity index (χ1) is 12.6. The largest absolute Gasteiger partial charge is 0.343 e. The van der Waals surface area contributed by atoms with Gasteiger partial charge in [-0.2, -0.15) is 0 Å². The molecule has 3 aromatic heterocycles. The highest BCUT2D eigenvalue weighted by Crippen LogP contribution is 2.22. The second-order valence-corrected chi connectivity index (χ2v) is 5.85. The number of hydrogen-bond donors (Lipinski definition) is 1. The van der Waals surface area contributed by atoms with Crippen molar-refractivity contribution in [3.63, 3.8) is 0 Å². The fourth-order valence-corrected chi connectivity index (χ4v) is 2.77. The molecule has 0 saturated carbocycles. The molecule has 9 nitrogen and oxygen atoms in total. The Morgan fingerprint density at radius 1 is 1.23 bits per heavy atom. The second-order valence-electron chi connectivity index (χ2n) is 5.85. The molecule has 0 bridgehead atoms. The van der Waals surface area contributed by atoms with E-state index in [0.29, 0.717) is 11.5 Å². The summed E-state index contributed by atoms with van der Waals surface area (Å²) in [5, 5.41) is 20.7. The fraction of sp³-hybridized carbons (Fsp3) is 0.176. The minimum atomic E-state index is -0.307. The molecule has 0 aliphatic carbocycles. The zero-order valence-corrected chi connectivity index (χ0v) is 14.3. The average molecular weight is 348 g/mol. The summed E-state index contributed by atoms with van der Waals surface area (Å²) < 4.78 is 3.41. The van der Waals surface area contributed by atoms with Gasteiger partial charge in [0.05, 0.1) is 17.9 Å². The predicted octanol–water partition coefficient (Wildman–Crippen LogP) is 1.18. The molecule has 0 radical (unpaired) electrons. The fourth-order valence-electron chi connectivity index (χ4n) is 2.77. The number of amides is 1. The molecule has 4 aromatic rings. The van der Waals surface area contributed by atoms with E-state index in [1.807, 2.05) is 38.2 Å². The normalized spacial score (nSPS) is 11.0. The third-order valence-corrected chi connectivity index (χ3v) is 4.21. The molecule has 1 N–H and O–H groups in total. The van der Waals surface area contributed by atoms with Gasteiger partial charge < -0.3 is 9.88 Å². The number of carbonyl (C=O) groups excluding carboxylic acids is 1. The van der Waals surface area contributed by atoms with Crippen LogP contribution >= 0.6 is 0 Å². The van der Waals surface area contributed by atoms with Crippen molar-refractivity contribution in [3.8, 4) is 5.69 Å². The molecule has 130 valence electrons. The summed E-state index contributed by atoms with van der Waals surface area (Å²) in [6, 6.07) is 7.76. The van der Waals surface area contributed by atoms with Gasteiger partial charge in [0.25, 0.3) is 5.91 Å². The Hall–Kier alpha value is -3.62. The van der Waals surface area contributed by atoms with Crippen molar-refractivity contribution in [1.82, 2.24) is 40.1 Å². The topological polar surface area (TPSA) is 103 Å². The molecule has 1 aromatic carbocycles. The first kappa shape index (κ1) is 15.9. The Balaban J connectivity index is 1.63. The van der Waals surface area contributed by atoms with Gasteiger partial charge in [0.15, 0.2) is 11.5 Å². The molecular weight excluding hydrogens is 332 g/mol. The van der Waals surface area contributed by atoms with Crippen LogP contribution in [0, 0.1) is 6.92 Å². The molecule has 9 heteroatoms. The average Bonchev–Trinajstić information content (AvgIpc) is 3.24. The Morgan fingerprint density at radius 2 is 2.12 bits per heavy atom. The van der Waals surface area contributed by atoms with Crippen molar-refractivity contribution < 1.29 is 4.79 Å². The zero-order chi connectivity index (χ0) is 18.1. The number of benzene rings is 1. The number of fused-ring (bicyclic) bond motifs is 1. The Kier molecular flexibility index (Phi) is 3.88. The maximum Gasteiger partial charge on any atom is 0.274 e. The molecule has 4 rings (SSSR count). The molecule has 0 fully saturated rings. The molecule has 3 heterocycles. The van der Waals surface area contributed by atoms with Crippen molar-refractivity contribution in [2.24, 2.45) is 7.05 Å². The first-order valence-electron chi connectivity index (χ1n) is 8.01. The van der Waals surface area contributed by atoms with E-state index in [0.717, 1.165) is 16.5 Å². The lowest BCUT2D eigenvalue weighted by Gasteiger charge is -2.08.